The Kier molecular flexibility index (Phi) is 5.02. The molecule has 3 rings (SSSR count). The zero-order valence-corrected chi connectivity index (χ0v) is 17.4. The van der Waals surface area contributed by atoms with E-state index < -0.39 is 34.5 Å². The van der Waals surface area contributed by atoms with Gasteiger partial charge in [-0.1, -0.05) is 6.92 Å². The molecular weight excluding hydrogens is 388 g/mol. The minimum Gasteiger partial charge on any atom is -0.493 e. The van der Waals surface area contributed by atoms with Crippen LogP contribution < -0.4 is 14.2 Å². The summed E-state index contributed by atoms with van der Waals surface area (Å²) >= 11 is 0. The number of rotatable bonds is 5. The van der Waals surface area contributed by atoms with E-state index in [-0.39, 0.29) is 11.5 Å². The van der Waals surface area contributed by atoms with E-state index in [2.05, 4.69) is 6.07 Å². The number of nitriles is 3. The van der Waals surface area contributed by atoms with Crippen LogP contribution in [0.3, 0.4) is 0 Å². The molecule has 1 N–H and O–H groups in total. The zero-order chi connectivity index (χ0) is 22.3. The summed E-state index contributed by atoms with van der Waals surface area (Å²) < 4.78 is 28.2. The molecule has 1 aromatic carbocycles. The number of fused-ring (bicyclic) bond motifs is 2. The second-order valence-electron chi connectivity index (χ2n) is 7.28. The van der Waals surface area contributed by atoms with Gasteiger partial charge < -0.3 is 23.7 Å². The molecule has 2 saturated heterocycles. The third-order valence-electron chi connectivity index (χ3n) is 6.14. The second-order valence-corrected chi connectivity index (χ2v) is 7.28. The molecule has 0 spiro atoms. The summed E-state index contributed by atoms with van der Waals surface area (Å²) in [7, 11) is 4.31. The molecule has 30 heavy (non-hydrogen) atoms. The van der Waals surface area contributed by atoms with Crippen LogP contribution in [0, 0.1) is 56.2 Å². The lowest BCUT2D eigenvalue weighted by molar-refractivity contribution is -0.273. The summed E-state index contributed by atoms with van der Waals surface area (Å²) in [6, 6.07) is 9.30. The van der Waals surface area contributed by atoms with Gasteiger partial charge in [-0.15, -0.1) is 0 Å². The monoisotopic (exact) mass is 410 g/mol. The standard InChI is InChI=1S/C21H22N4O5/c1-6-14-19(2)29-17(12-7-8-13(26-3)16(28-5)15(12)27-4)20(9-22,10-23)21(14,11-24)18(25)30-19/h7-8,14,17,25H,6H2,1-5H3. The quantitative estimate of drug-likeness (QED) is 0.780. The van der Waals surface area contributed by atoms with E-state index >= 15 is 0 Å². The van der Waals surface area contributed by atoms with E-state index in [1.54, 1.807) is 26.0 Å². The predicted molar refractivity (Wildman–Crippen MR) is 103 cm³/mol. The van der Waals surface area contributed by atoms with Crippen LogP contribution in [0.15, 0.2) is 12.1 Å². The van der Waals surface area contributed by atoms with E-state index in [1.807, 2.05) is 12.1 Å². The lowest BCUT2D eigenvalue weighted by Crippen LogP contribution is -2.58. The topological polar surface area (TPSA) is 141 Å². The van der Waals surface area contributed by atoms with Crippen LogP contribution in [-0.4, -0.2) is 33.0 Å². The Hall–Kier alpha value is -3.48. The lowest BCUT2D eigenvalue weighted by Gasteiger charge is -2.48. The SMILES string of the molecule is CCC1C2(C)OC(=N)C1(C#N)C(C#N)(C#N)C(c1ccc(OC)c(OC)c1OC)O2. The summed E-state index contributed by atoms with van der Waals surface area (Å²) in [4.78, 5) is 0. The molecule has 2 bridgehead atoms. The van der Waals surface area contributed by atoms with Crippen LogP contribution in [0.5, 0.6) is 17.2 Å². The van der Waals surface area contributed by atoms with Gasteiger partial charge in [-0.25, -0.2) is 0 Å². The van der Waals surface area contributed by atoms with Gasteiger partial charge in [-0.05, 0) is 18.6 Å². The first-order valence-corrected chi connectivity index (χ1v) is 9.29. The van der Waals surface area contributed by atoms with Crippen LogP contribution in [-0.2, 0) is 9.47 Å². The normalized spacial score (nSPS) is 30.9. The molecule has 9 nitrogen and oxygen atoms in total. The van der Waals surface area contributed by atoms with E-state index in [1.165, 1.54) is 21.3 Å². The number of methoxy groups -OCH3 is 3. The molecule has 2 aliphatic rings. The van der Waals surface area contributed by atoms with Crippen molar-refractivity contribution in [2.45, 2.75) is 32.2 Å². The molecular formula is C21H22N4O5. The van der Waals surface area contributed by atoms with Gasteiger partial charge in [0, 0.05) is 12.5 Å². The Labute approximate surface area is 174 Å². The van der Waals surface area contributed by atoms with Gasteiger partial charge in [0.05, 0.1) is 45.5 Å². The highest BCUT2D eigenvalue weighted by Crippen LogP contribution is 2.68. The lowest BCUT2D eigenvalue weighted by atomic mass is 9.53. The molecule has 156 valence electrons. The molecule has 4 unspecified atom stereocenters. The molecule has 2 heterocycles. The van der Waals surface area contributed by atoms with Crippen LogP contribution in [0.2, 0.25) is 0 Å². The van der Waals surface area contributed by atoms with Crippen LogP contribution in [0.1, 0.15) is 31.9 Å². The second kappa shape index (κ2) is 7.09. The highest BCUT2D eigenvalue weighted by atomic mass is 16.7. The van der Waals surface area contributed by atoms with E-state index in [4.69, 9.17) is 29.1 Å². The van der Waals surface area contributed by atoms with Crippen LogP contribution in [0.25, 0.3) is 0 Å². The Morgan fingerprint density at radius 1 is 1.03 bits per heavy atom. The summed E-state index contributed by atoms with van der Waals surface area (Å²) in [6.07, 6.45) is -0.884. The minimum atomic E-state index is -2.07. The number of ether oxygens (including phenoxy) is 5. The number of hydrogen-bond donors (Lipinski definition) is 1. The molecule has 2 aliphatic heterocycles. The van der Waals surface area contributed by atoms with Crippen molar-refractivity contribution in [3.63, 3.8) is 0 Å². The zero-order valence-electron chi connectivity index (χ0n) is 17.4. The van der Waals surface area contributed by atoms with Crippen molar-refractivity contribution in [2.24, 2.45) is 16.7 Å². The maximum absolute atomic E-state index is 10.2. The molecule has 9 heteroatoms. The van der Waals surface area contributed by atoms with Gasteiger partial charge in [0.25, 0.3) is 0 Å². The Bertz CT molecular complexity index is 1010. The average molecular weight is 410 g/mol. The first-order valence-electron chi connectivity index (χ1n) is 9.29. The predicted octanol–water partition coefficient (Wildman–Crippen LogP) is 3.08. The van der Waals surface area contributed by atoms with Crippen LogP contribution >= 0.6 is 0 Å². The number of nitrogens with zero attached hydrogens (tertiary/aromatic N) is 3. The van der Waals surface area contributed by atoms with Crippen LogP contribution in [0.4, 0.5) is 0 Å². The maximum Gasteiger partial charge on any atom is 0.214 e. The molecule has 2 fully saturated rings. The van der Waals surface area contributed by atoms with E-state index in [0.717, 1.165) is 0 Å². The van der Waals surface area contributed by atoms with Crippen molar-refractivity contribution in [2.75, 3.05) is 21.3 Å². The van der Waals surface area contributed by atoms with Gasteiger partial charge in [0.2, 0.25) is 22.8 Å². The molecule has 0 aromatic heterocycles. The van der Waals surface area contributed by atoms with Crippen molar-refractivity contribution in [1.29, 1.82) is 21.2 Å². The summed E-state index contributed by atoms with van der Waals surface area (Å²) in [6.45, 7) is 3.42. The highest BCUT2D eigenvalue weighted by Gasteiger charge is 2.79. The first-order chi connectivity index (χ1) is 14.3. The molecule has 0 amide bonds. The Morgan fingerprint density at radius 2 is 1.67 bits per heavy atom. The van der Waals surface area contributed by atoms with Crippen molar-refractivity contribution < 1.29 is 23.7 Å². The van der Waals surface area contributed by atoms with Gasteiger partial charge in [-0.2, -0.15) is 15.8 Å². The molecule has 1 aromatic rings. The smallest absolute Gasteiger partial charge is 0.214 e. The first kappa shape index (κ1) is 21.2. The summed E-state index contributed by atoms with van der Waals surface area (Å²) in [5.41, 5.74) is -3.57. The van der Waals surface area contributed by atoms with Crippen molar-refractivity contribution in [3.8, 4) is 35.5 Å². The summed E-state index contributed by atoms with van der Waals surface area (Å²) in [5.74, 6) is -1.67. The Balaban J connectivity index is 2.38. The number of benzene rings is 1. The Morgan fingerprint density at radius 3 is 2.13 bits per heavy atom. The van der Waals surface area contributed by atoms with Gasteiger partial charge >= 0.3 is 0 Å². The minimum absolute atomic E-state index is 0.203. The highest BCUT2D eigenvalue weighted by molar-refractivity contribution is 5.89. The molecule has 0 aliphatic carbocycles. The number of nitrogens with one attached hydrogen (secondary N) is 1. The summed E-state index contributed by atoms with van der Waals surface area (Å²) in [5, 5.41) is 39.1. The molecule has 0 radical (unpaired) electrons. The largest absolute Gasteiger partial charge is 0.493 e. The van der Waals surface area contributed by atoms with Gasteiger partial charge in [0.1, 0.15) is 6.10 Å². The van der Waals surface area contributed by atoms with E-state index in [9.17, 15) is 15.8 Å². The van der Waals surface area contributed by atoms with Crippen molar-refractivity contribution in [1.82, 2.24) is 0 Å². The van der Waals surface area contributed by atoms with Crippen molar-refractivity contribution in [3.05, 3.63) is 17.7 Å². The van der Waals surface area contributed by atoms with Gasteiger partial charge in [0.15, 0.2) is 16.9 Å². The molecule has 0 saturated carbocycles. The van der Waals surface area contributed by atoms with E-state index in [0.29, 0.717) is 17.7 Å². The fraction of sp³-hybridized carbons (Fsp3) is 0.524. The fourth-order valence-corrected chi connectivity index (χ4v) is 4.84. The maximum atomic E-state index is 10.2. The third-order valence-corrected chi connectivity index (χ3v) is 6.14. The average Bonchev–Trinajstić information content (AvgIpc) is 2.94. The van der Waals surface area contributed by atoms with Gasteiger partial charge in [-0.3, -0.25) is 5.41 Å². The van der Waals surface area contributed by atoms with Crippen molar-refractivity contribution >= 4 is 5.90 Å². The number of hydrogen-bond acceptors (Lipinski definition) is 9. The molecule has 4 atom stereocenters. The fourth-order valence-electron chi connectivity index (χ4n) is 4.84. The third kappa shape index (κ3) is 2.26.